The Hall–Kier alpha value is -1.81. The van der Waals surface area contributed by atoms with E-state index in [1.807, 2.05) is 18.2 Å². The molecule has 4 N–H and O–H groups in total. The van der Waals surface area contributed by atoms with Gasteiger partial charge in [-0.05, 0) is 36.6 Å². The minimum absolute atomic E-state index is 0.137. The highest BCUT2D eigenvalue weighted by Crippen LogP contribution is 2.24. The third kappa shape index (κ3) is 4.10. The van der Waals surface area contributed by atoms with Crippen molar-refractivity contribution in [3.8, 4) is 0 Å². The lowest BCUT2D eigenvalue weighted by Gasteiger charge is -2.13. The summed E-state index contributed by atoms with van der Waals surface area (Å²) in [5.74, 6) is 0.0613. The molecule has 2 atom stereocenters. The molecule has 19 heavy (non-hydrogen) atoms. The number of anilines is 1. The van der Waals surface area contributed by atoms with E-state index in [9.17, 15) is 9.90 Å². The summed E-state index contributed by atoms with van der Waals surface area (Å²) >= 11 is 0. The lowest BCUT2D eigenvalue weighted by Crippen LogP contribution is -2.31. The quantitative estimate of drug-likeness (QED) is 0.568. The summed E-state index contributed by atoms with van der Waals surface area (Å²) in [7, 11) is 0. The number of amides is 1. The monoisotopic (exact) mass is 260 g/mol. The Morgan fingerprint density at radius 3 is 3.00 bits per heavy atom. The first kappa shape index (κ1) is 13.6. The number of nitrogens with two attached hydrogens (primary N) is 1. The number of rotatable bonds is 4. The van der Waals surface area contributed by atoms with Crippen molar-refractivity contribution in [2.75, 3.05) is 12.3 Å². The fraction of sp³-hybridized carbons (Fsp3) is 0.400. The first-order valence-corrected chi connectivity index (χ1v) is 6.64. The van der Waals surface area contributed by atoms with Crippen LogP contribution in [-0.2, 0) is 4.79 Å². The van der Waals surface area contributed by atoms with Crippen molar-refractivity contribution in [2.24, 2.45) is 5.92 Å². The zero-order chi connectivity index (χ0) is 13.7. The molecule has 1 fully saturated rings. The number of nitrogens with one attached hydrogen (secondary N) is 1. The van der Waals surface area contributed by atoms with Gasteiger partial charge in [0.1, 0.15) is 0 Å². The van der Waals surface area contributed by atoms with Gasteiger partial charge in [0.25, 0.3) is 0 Å². The summed E-state index contributed by atoms with van der Waals surface area (Å²) in [5.41, 5.74) is 7.24. The van der Waals surface area contributed by atoms with E-state index >= 15 is 0 Å². The van der Waals surface area contributed by atoms with Gasteiger partial charge in [0, 0.05) is 24.2 Å². The second-order valence-electron chi connectivity index (χ2n) is 5.01. The van der Waals surface area contributed by atoms with Gasteiger partial charge in [-0.3, -0.25) is 4.79 Å². The average molecular weight is 260 g/mol. The fourth-order valence-corrected chi connectivity index (χ4v) is 2.38. The van der Waals surface area contributed by atoms with Gasteiger partial charge in [0.2, 0.25) is 5.91 Å². The molecule has 2 rings (SSSR count). The van der Waals surface area contributed by atoms with Crippen molar-refractivity contribution in [2.45, 2.75) is 25.4 Å². The number of aliphatic hydroxyl groups excluding tert-OH is 1. The summed E-state index contributed by atoms with van der Waals surface area (Å²) in [6.07, 6.45) is 5.84. The number of carbonyl (C=O) groups excluding carboxylic acids is 1. The molecule has 0 radical (unpaired) electrons. The van der Waals surface area contributed by atoms with Gasteiger partial charge in [0.05, 0.1) is 6.10 Å². The van der Waals surface area contributed by atoms with E-state index < -0.39 is 0 Å². The van der Waals surface area contributed by atoms with Crippen LogP contribution in [0.5, 0.6) is 0 Å². The smallest absolute Gasteiger partial charge is 0.244 e. The Balaban J connectivity index is 1.81. The number of hydrogen-bond donors (Lipinski definition) is 3. The molecule has 1 aliphatic rings. The van der Waals surface area contributed by atoms with E-state index in [-0.39, 0.29) is 17.9 Å². The van der Waals surface area contributed by atoms with Crippen LogP contribution >= 0.6 is 0 Å². The maximum Gasteiger partial charge on any atom is 0.244 e. The Morgan fingerprint density at radius 2 is 2.32 bits per heavy atom. The molecule has 4 heteroatoms. The first-order chi connectivity index (χ1) is 9.15. The lowest BCUT2D eigenvalue weighted by atomic mass is 10.1. The molecule has 1 aromatic carbocycles. The van der Waals surface area contributed by atoms with Crippen LogP contribution in [0.1, 0.15) is 24.8 Å². The summed E-state index contributed by atoms with van der Waals surface area (Å²) in [6, 6.07) is 7.35. The van der Waals surface area contributed by atoms with E-state index in [4.69, 9.17) is 5.73 Å². The largest absolute Gasteiger partial charge is 0.399 e. The fourth-order valence-electron chi connectivity index (χ4n) is 2.38. The van der Waals surface area contributed by atoms with Gasteiger partial charge in [-0.15, -0.1) is 0 Å². The molecule has 1 amide bonds. The predicted molar refractivity (Wildman–Crippen MR) is 76.2 cm³/mol. The SMILES string of the molecule is Nc1cccc(/C=C/C(=O)NCC2CCCC2O)c1. The number of nitrogen functional groups attached to an aromatic ring is 1. The molecule has 1 aromatic rings. The molecule has 1 saturated carbocycles. The highest BCUT2D eigenvalue weighted by Gasteiger charge is 2.24. The normalized spacial score (nSPS) is 22.8. The molecular weight excluding hydrogens is 240 g/mol. The van der Waals surface area contributed by atoms with Crippen molar-refractivity contribution in [1.29, 1.82) is 0 Å². The average Bonchev–Trinajstić information content (AvgIpc) is 2.80. The van der Waals surface area contributed by atoms with Crippen molar-refractivity contribution in [3.05, 3.63) is 35.9 Å². The maximum absolute atomic E-state index is 11.7. The third-order valence-corrected chi connectivity index (χ3v) is 3.50. The topological polar surface area (TPSA) is 75.4 Å². The summed E-state index contributed by atoms with van der Waals surface area (Å²) < 4.78 is 0. The molecule has 1 aliphatic carbocycles. The lowest BCUT2D eigenvalue weighted by molar-refractivity contribution is -0.116. The Labute approximate surface area is 113 Å². The number of benzene rings is 1. The first-order valence-electron chi connectivity index (χ1n) is 6.64. The van der Waals surface area contributed by atoms with Crippen LogP contribution in [0.3, 0.4) is 0 Å². The summed E-state index contributed by atoms with van der Waals surface area (Å²) in [6.45, 7) is 0.543. The van der Waals surface area contributed by atoms with Gasteiger partial charge >= 0.3 is 0 Å². The molecule has 4 nitrogen and oxygen atoms in total. The van der Waals surface area contributed by atoms with Crippen molar-refractivity contribution in [1.82, 2.24) is 5.32 Å². The van der Waals surface area contributed by atoms with Crippen LogP contribution in [-0.4, -0.2) is 23.7 Å². The molecular formula is C15H20N2O2. The van der Waals surface area contributed by atoms with E-state index in [0.717, 1.165) is 24.8 Å². The number of hydrogen-bond acceptors (Lipinski definition) is 3. The molecule has 2 unspecified atom stereocenters. The zero-order valence-electron chi connectivity index (χ0n) is 10.9. The van der Waals surface area contributed by atoms with Crippen LogP contribution in [0.25, 0.3) is 6.08 Å². The zero-order valence-corrected chi connectivity index (χ0v) is 10.9. The van der Waals surface area contributed by atoms with E-state index in [1.165, 1.54) is 6.08 Å². The molecule has 0 saturated heterocycles. The summed E-state index contributed by atoms with van der Waals surface area (Å²) in [5, 5.41) is 12.5. The molecule has 102 valence electrons. The van der Waals surface area contributed by atoms with E-state index in [1.54, 1.807) is 12.1 Å². The van der Waals surface area contributed by atoms with Crippen LogP contribution in [0.15, 0.2) is 30.3 Å². The van der Waals surface area contributed by atoms with Gasteiger partial charge in [-0.1, -0.05) is 18.6 Å². The summed E-state index contributed by atoms with van der Waals surface area (Å²) in [4.78, 5) is 11.7. The second kappa shape index (κ2) is 6.38. The van der Waals surface area contributed by atoms with E-state index in [0.29, 0.717) is 12.2 Å². The van der Waals surface area contributed by atoms with Crippen LogP contribution in [0.4, 0.5) is 5.69 Å². The minimum Gasteiger partial charge on any atom is -0.399 e. The molecule has 0 aliphatic heterocycles. The predicted octanol–water partition coefficient (Wildman–Crippen LogP) is 1.56. The van der Waals surface area contributed by atoms with Crippen LogP contribution in [0.2, 0.25) is 0 Å². The van der Waals surface area contributed by atoms with Crippen LogP contribution < -0.4 is 11.1 Å². The van der Waals surface area contributed by atoms with E-state index in [2.05, 4.69) is 5.32 Å². The maximum atomic E-state index is 11.7. The van der Waals surface area contributed by atoms with Gasteiger partial charge in [0.15, 0.2) is 0 Å². The van der Waals surface area contributed by atoms with Gasteiger partial charge < -0.3 is 16.2 Å². The van der Waals surface area contributed by atoms with Gasteiger partial charge in [-0.2, -0.15) is 0 Å². The molecule has 0 bridgehead atoms. The molecule has 0 aromatic heterocycles. The Bertz CT molecular complexity index is 471. The highest BCUT2D eigenvalue weighted by atomic mass is 16.3. The second-order valence-corrected chi connectivity index (χ2v) is 5.01. The standard InChI is InChI=1S/C15H20N2O2/c16-13-5-1-3-11(9-13)7-8-15(19)17-10-12-4-2-6-14(12)18/h1,3,5,7-9,12,14,18H,2,4,6,10,16H2,(H,17,19)/b8-7+. The number of aliphatic hydroxyl groups is 1. The Morgan fingerprint density at radius 1 is 1.47 bits per heavy atom. The minimum atomic E-state index is -0.266. The van der Waals surface area contributed by atoms with Crippen LogP contribution in [0, 0.1) is 5.92 Å². The third-order valence-electron chi connectivity index (χ3n) is 3.50. The highest BCUT2D eigenvalue weighted by molar-refractivity contribution is 5.91. The molecule has 0 spiro atoms. The van der Waals surface area contributed by atoms with Crippen molar-refractivity contribution in [3.63, 3.8) is 0 Å². The molecule has 0 heterocycles. The number of carbonyl (C=O) groups is 1. The van der Waals surface area contributed by atoms with Crippen molar-refractivity contribution >= 4 is 17.7 Å². The Kier molecular flexibility index (Phi) is 4.58. The van der Waals surface area contributed by atoms with Gasteiger partial charge in [-0.25, -0.2) is 0 Å². The van der Waals surface area contributed by atoms with Crippen molar-refractivity contribution < 1.29 is 9.90 Å².